The molecule has 1 aliphatic rings. The molecule has 3 nitrogen and oxygen atoms in total. The highest BCUT2D eigenvalue weighted by atomic mass is 16.2. The Morgan fingerprint density at radius 2 is 1.67 bits per heavy atom. The van der Waals surface area contributed by atoms with E-state index in [1.165, 1.54) is 0 Å². The van der Waals surface area contributed by atoms with Crippen LogP contribution in [0.2, 0.25) is 0 Å². The van der Waals surface area contributed by atoms with Crippen molar-refractivity contribution in [1.82, 2.24) is 0 Å². The highest BCUT2D eigenvalue weighted by molar-refractivity contribution is 6.15. The summed E-state index contributed by atoms with van der Waals surface area (Å²) < 4.78 is 0. The van der Waals surface area contributed by atoms with E-state index in [4.69, 9.17) is 0 Å². The van der Waals surface area contributed by atoms with Crippen LogP contribution >= 0.6 is 0 Å². The Labute approximate surface area is 108 Å². The van der Waals surface area contributed by atoms with Crippen molar-refractivity contribution in [2.24, 2.45) is 10.8 Å². The zero-order valence-electron chi connectivity index (χ0n) is 11.1. The van der Waals surface area contributed by atoms with Crippen LogP contribution in [0.1, 0.15) is 33.6 Å². The maximum absolute atomic E-state index is 12.3. The molecule has 0 atom stereocenters. The number of carbonyl (C=O) groups excluding carboxylic acids is 2. The van der Waals surface area contributed by atoms with Crippen molar-refractivity contribution in [2.45, 2.75) is 33.6 Å². The monoisotopic (exact) mass is 245 g/mol. The van der Waals surface area contributed by atoms with Gasteiger partial charge in [-0.1, -0.05) is 39.0 Å². The molecule has 1 aliphatic carbocycles. The van der Waals surface area contributed by atoms with Crippen LogP contribution in [0.15, 0.2) is 30.3 Å². The van der Waals surface area contributed by atoms with Gasteiger partial charge in [0.1, 0.15) is 5.41 Å². The van der Waals surface area contributed by atoms with Gasteiger partial charge < -0.3 is 5.32 Å². The number of anilines is 1. The first-order chi connectivity index (χ1) is 8.36. The lowest BCUT2D eigenvalue weighted by molar-refractivity contribution is -0.138. The van der Waals surface area contributed by atoms with Gasteiger partial charge in [-0.15, -0.1) is 0 Å². The van der Waals surface area contributed by atoms with Gasteiger partial charge in [0, 0.05) is 11.1 Å². The molecule has 0 unspecified atom stereocenters. The highest BCUT2D eigenvalue weighted by Gasteiger charge is 2.58. The van der Waals surface area contributed by atoms with E-state index < -0.39 is 10.8 Å². The molecule has 0 aliphatic heterocycles. The molecular weight excluding hydrogens is 226 g/mol. The van der Waals surface area contributed by atoms with Crippen LogP contribution in [0.25, 0.3) is 0 Å². The van der Waals surface area contributed by atoms with Gasteiger partial charge in [-0.3, -0.25) is 9.59 Å². The summed E-state index contributed by atoms with van der Waals surface area (Å²) in [7, 11) is 0. The third-order valence-corrected chi connectivity index (χ3v) is 3.33. The summed E-state index contributed by atoms with van der Waals surface area (Å²) in [6, 6.07) is 9.27. The van der Waals surface area contributed by atoms with Crippen molar-refractivity contribution in [3.8, 4) is 0 Å². The predicted molar refractivity (Wildman–Crippen MR) is 71.2 cm³/mol. The molecule has 0 bridgehead atoms. The largest absolute Gasteiger partial charge is 0.325 e. The van der Waals surface area contributed by atoms with Gasteiger partial charge in [0.05, 0.1) is 0 Å². The molecule has 18 heavy (non-hydrogen) atoms. The fourth-order valence-electron chi connectivity index (χ4n) is 2.17. The molecule has 1 aromatic rings. The zero-order chi connectivity index (χ0) is 13.4. The highest BCUT2D eigenvalue weighted by Crippen LogP contribution is 2.51. The van der Waals surface area contributed by atoms with E-state index in [1.807, 2.05) is 51.1 Å². The van der Waals surface area contributed by atoms with Crippen molar-refractivity contribution in [1.29, 1.82) is 0 Å². The number of ketones is 1. The SMILES string of the molecule is CC(C)(C)C(=O)C1(C(=O)Nc2ccccc2)CC1. The molecule has 0 saturated heterocycles. The smallest absolute Gasteiger partial charge is 0.238 e. The molecule has 1 aromatic carbocycles. The zero-order valence-corrected chi connectivity index (χ0v) is 11.1. The summed E-state index contributed by atoms with van der Waals surface area (Å²) in [6.07, 6.45) is 1.34. The molecule has 1 amide bonds. The van der Waals surface area contributed by atoms with Crippen LogP contribution in [0.5, 0.6) is 0 Å². The minimum Gasteiger partial charge on any atom is -0.325 e. The molecule has 0 radical (unpaired) electrons. The van der Waals surface area contributed by atoms with Crippen molar-refractivity contribution < 1.29 is 9.59 Å². The van der Waals surface area contributed by atoms with Gasteiger partial charge in [0.2, 0.25) is 5.91 Å². The van der Waals surface area contributed by atoms with Crippen LogP contribution < -0.4 is 5.32 Å². The fraction of sp³-hybridized carbons (Fsp3) is 0.467. The summed E-state index contributed by atoms with van der Waals surface area (Å²) in [4.78, 5) is 24.6. The van der Waals surface area contributed by atoms with E-state index >= 15 is 0 Å². The van der Waals surface area contributed by atoms with Crippen LogP contribution in [0, 0.1) is 10.8 Å². The fourth-order valence-corrected chi connectivity index (χ4v) is 2.17. The summed E-state index contributed by atoms with van der Waals surface area (Å²) >= 11 is 0. The maximum atomic E-state index is 12.3. The number of carbonyl (C=O) groups is 2. The number of hydrogen-bond acceptors (Lipinski definition) is 2. The number of amides is 1. The average Bonchev–Trinajstić information content (AvgIpc) is 3.09. The topological polar surface area (TPSA) is 46.2 Å². The molecule has 3 heteroatoms. The second-order valence-electron chi connectivity index (χ2n) is 5.98. The Bertz CT molecular complexity index is 467. The first-order valence-electron chi connectivity index (χ1n) is 6.28. The standard InChI is InChI=1S/C15H19NO2/c1-14(2,3)12(17)15(9-10-15)13(18)16-11-7-5-4-6-8-11/h4-8H,9-10H2,1-3H3,(H,16,18). The molecule has 1 fully saturated rings. The number of benzene rings is 1. The average molecular weight is 245 g/mol. The van der Waals surface area contributed by atoms with Gasteiger partial charge in [-0.2, -0.15) is 0 Å². The van der Waals surface area contributed by atoms with Crippen LogP contribution in [-0.4, -0.2) is 11.7 Å². The molecule has 0 aromatic heterocycles. The Balaban J connectivity index is 2.13. The molecule has 1 saturated carbocycles. The van der Waals surface area contributed by atoms with Crippen molar-refractivity contribution in [2.75, 3.05) is 5.32 Å². The Morgan fingerprint density at radius 3 is 2.11 bits per heavy atom. The number of hydrogen-bond donors (Lipinski definition) is 1. The van der Waals surface area contributed by atoms with Gasteiger partial charge >= 0.3 is 0 Å². The van der Waals surface area contributed by atoms with Gasteiger partial charge in [-0.05, 0) is 25.0 Å². The summed E-state index contributed by atoms with van der Waals surface area (Å²) in [6.45, 7) is 5.60. The van der Waals surface area contributed by atoms with E-state index in [9.17, 15) is 9.59 Å². The van der Waals surface area contributed by atoms with Crippen molar-refractivity contribution in [3.63, 3.8) is 0 Å². The maximum Gasteiger partial charge on any atom is 0.238 e. The Kier molecular flexibility index (Phi) is 3.01. The van der Waals surface area contributed by atoms with Gasteiger partial charge in [0.15, 0.2) is 5.78 Å². The van der Waals surface area contributed by atoms with Crippen LogP contribution in [0.4, 0.5) is 5.69 Å². The first kappa shape index (κ1) is 12.8. The molecular formula is C15H19NO2. The number of rotatable bonds is 3. The molecule has 96 valence electrons. The van der Waals surface area contributed by atoms with Gasteiger partial charge in [0.25, 0.3) is 0 Å². The van der Waals surface area contributed by atoms with E-state index in [0.717, 1.165) is 5.69 Å². The van der Waals surface area contributed by atoms with Crippen LogP contribution in [0.3, 0.4) is 0 Å². The summed E-state index contributed by atoms with van der Waals surface area (Å²) in [5.41, 5.74) is -0.506. The molecule has 0 heterocycles. The third kappa shape index (κ3) is 2.30. The first-order valence-corrected chi connectivity index (χ1v) is 6.28. The second kappa shape index (κ2) is 4.23. The Hall–Kier alpha value is -1.64. The van der Waals surface area contributed by atoms with Crippen molar-refractivity contribution >= 4 is 17.4 Å². The van der Waals surface area contributed by atoms with E-state index in [0.29, 0.717) is 12.8 Å². The normalized spacial score (nSPS) is 17.1. The number of nitrogens with one attached hydrogen (secondary N) is 1. The lowest BCUT2D eigenvalue weighted by atomic mass is 9.80. The van der Waals surface area contributed by atoms with Gasteiger partial charge in [-0.25, -0.2) is 0 Å². The summed E-state index contributed by atoms with van der Waals surface area (Å²) in [5.74, 6) is -0.114. The summed E-state index contributed by atoms with van der Waals surface area (Å²) in [5, 5.41) is 2.84. The second-order valence-corrected chi connectivity index (χ2v) is 5.98. The van der Waals surface area contributed by atoms with E-state index in [2.05, 4.69) is 5.32 Å². The molecule has 0 spiro atoms. The lowest BCUT2D eigenvalue weighted by Gasteiger charge is -2.23. The molecule has 1 N–H and O–H groups in total. The quantitative estimate of drug-likeness (QED) is 0.832. The predicted octanol–water partition coefficient (Wildman–Crippen LogP) is 3.02. The number of Topliss-reactive ketones (excluding diaryl/α,β-unsaturated/α-hetero) is 1. The minimum absolute atomic E-state index is 0.0448. The van der Waals surface area contributed by atoms with Crippen molar-refractivity contribution in [3.05, 3.63) is 30.3 Å². The molecule has 2 rings (SSSR count). The third-order valence-electron chi connectivity index (χ3n) is 3.33. The van der Waals surface area contributed by atoms with E-state index in [1.54, 1.807) is 0 Å². The van der Waals surface area contributed by atoms with E-state index in [-0.39, 0.29) is 11.7 Å². The Morgan fingerprint density at radius 1 is 1.11 bits per heavy atom. The van der Waals surface area contributed by atoms with Crippen LogP contribution in [-0.2, 0) is 9.59 Å². The minimum atomic E-state index is -0.784. The number of para-hydroxylation sites is 1. The lowest BCUT2D eigenvalue weighted by Crippen LogP contribution is -2.38.